The van der Waals surface area contributed by atoms with Gasteiger partial charge in [-0.1, -0.05) is 12.2 Å². The Kier molecular flexibility index (Phi) is 15.9. The van der Waals surface area contributed by atoms with Gasteiger partial charge in [0.05, 0.1) is 35.6 Å². The Bertz CT molecular complexity index is 3130. The van der Waals surface area contributed by atoms with E-state index in [-0.39, 0.29) is 75.1 Å². The molecule has 7 N–H and O–H groups in total. The van der Waals surface area contributed by atoms with Crippen molar-refractivity contribution in [2.24, 2.45) is 11.5 Å². The Morgan fingerprint density at radius 3 is 2.09 bits per heavy atom. The van der Waals surface area contributed by atoms with Crippen LogP contribution in [0.15, 0.2) is 54.7 Å². The number of imidazole rings is 1. The maximum Gasteiger partial charge on any atom is 0.303 e. The number of amides is 4. The first kappa shape index (κ1) is 49.8. The molecular formula is C48H57N13O9. The van der Waals surface area contributed by atoms with Gasteiger partial charge in [0.2, 0.25) is 23.7 Å². The normalized spacial score (nSPS) is 11.6. The molecule has 0 bridgehead atoms. The number of allylic oxidation sites excluding steroid dienone is 2. The number of carboxylic acids is 1. The number of methoxy groups -OCH3 is 1. The summed E-state index contributed by atoms with van der Waals surface area (Å²) < 4.78 is 25.0. The van der Waals surface area contributed by atoms with E-state index in [0.717, 1.165) is 5.69 Å². The molecule has 2 aromatic carbocycles. The molecule has 7 rings (SSSR count). The fourth-order valence-corrected chi connectivity index (χ4v) is 8.09. The maximum absolute atomic E-state index is 13.9. The number of rotatable bonds is 25. The molecule has 0 fully saturated rings. The number of aryl methyl sites for hydroxylation is 4. The van der Waals surface area contributed by atoms with Crippen molar-refractivity contribution >= 4 is 68.5 Å². The van der Waals surface area contributed by atoms with Crippen LogP contribution in [0.3, 0.4) is 0 Å². The first-order chi connectivity index (χ1) is 33.7. The second-order valence-corrected chi connectivity index (χ2v) is 16.4. The van der Waals surface area contributed by atoms with Gasteiger partial charge in [-0.3, -0.25) is 38.7 Å². The number of carbonyl (C=O) groups excluding carboxylic acids is 4. The summed E-state index contributed by atoms with van der Waals surface area (Å²) in [6.45, 7) is 10.1. The van der Waals surface area contributed by atoms with E-state index in [1.807, 2.05) is 48.2 Å². The number of carboxylic acid groups (broad SMARTS) is 1. The Balaban J connectivity index is 1.29. The number of aliphatic carboxylic acids is 1. The number of aromatic nitrogens is 9. The number of nitrogens with two attached hydrogens (primary N) is 2. The van der Waals surface area contributed by atoms with Crippen molar-refractivity contribution in [2.45, 2.75) is 86.0 Å². The lowest BCUT2D eigenvalue weighted by Gasteiger charge is -2.13. The minimum absolute atomic E-state index is 0.0852. The Morgan fingerprint density at radius 2 is 1.40 bits per heavy atom. The van der Waals surface area contributed by atoms with Crippen LogP contribution in [0.5, 0.6) is 11.5 Å². The zero-order valence-corrected chi connectivity index (χ0v) is 39.8. The second kappa shape index (κ2) is 22.3. The van der Waals surface area contributed by atoms with E-state index in [1.165, 1.54) is 0 Å². The predicted molar refractivity (Wildman–Crippen MR) is 260 cm³/mol. The molecular weight excluding hydrogens is 903 g/mol. The summed E-state index contributed by atoms with van der Waals surface area (Å²) in [5.74, 6) is -1.74. The lowest BCUT2D eigenvalue weighted by molar-refractivity contribution is -0.137. The number of primary amides is 2. The van der Waals surface area contributed by atoms with Crippen LogP contribution >= 0.6 is 0 Å². The fourth-order valence-electron chi connectivity index (χ4n) is 8.09. The number of hydrogen-bond acceptors (Lipinski definition) is 13. The van der Waals surface area contributed by atoms with Gasteiger partial charge >= 0.3 is 5.97 Å². The number of nitrogens with one attached hydrogen (secondary N) is 2. The van der Waals surface area contributed by atoms with E-state index in [2.05, 4.69) is 20.8 Å². The molecule has 7 aromatic rings. The van der Waals surface area contributed by atoms with Crippen LogP contribution in [0.25, 0.3) is 44.5 Å². The van der Waals surface area contributed by atoms with E-state index in [0.29, 0.717) is 99.9 Å². The highest BCUT2D eigenvalue weighted by Crippen LogP contribution is 2.37. The predicted octanol–water partition coefficient (Wildman–Crippen LogP) is 4.91. The average Bonchev–Trinajstić information content (AvgIpc) is 4.09. The molecule has 0 atom stereocenters. The SMILES string of the molecule is CCn1nc(C)cc1C(=O)Nc1nc2cc(C(N)=O)cc(OCCCOC)c2n1CC=CCn1c2nc(-c3cc(C)nn3CC)ncc2c2cc(C(N)=O)cc(OCCCNC(=O)CCCC(=O)O)c21. The average molecular weight is 960 g/mol. The molecule has 0 aliphatic heterocycles. The minimum Gasteiger partial charge on any atom is -0.491 e. The molecule has 0 spiro atoms. The first-order valence-electron chi connectivity index (χ1n) is 23.0. The summed E-state index contributed by atoms with van der Waals surface area (Å²) in [6, 6.07) is 9.96. The molecule has 0 unspecified atom stereocenters. The van der Waals surface area contributed by atoms with Gasteiger partial charge in [0, 0.05) is 93.8 Å². The van der Waals surface area contributed by atoms with E-state index in [4.69, 9.17) is 45.7 Å². The summed E-state index contributed by atoms with van der Waals surface area (Å²) in [7, 11) is 1.59. The van der Waals surface area contributed by atoms with E-state index >= 15 is 0 Å². The summed E-state index contributed by atoms with van der Waals surface area (Å²) in [4.78, 5) is 77.0. The van der Waals surface area contributed by atoms with E-state index < -0.39 is 23.7 Å². The number of anilines is 1. The van der Waals surface area contributed by atoms with Crippen LogP contribution in [-0.4, -0.2) is 112 Å². The highest BCUT2D eigenvalue weighted by Gasteiger charge is 2.24. The summed E-state index contributed by atoms with van der Waals surface area (Å²) >= 11 is 0. The van der Waals surface area contributed by atoms with Crippen LogP contribution < -0.4 is 31.6 Å². The third-order valence-corrected chi connectivity index (χ3v) is 11.3. The minimum atomic E-state index is -0.965. The Labute approximate surface area is 402 Å². The molecule has 70 heavy (non-hydrogen) atoms. The van der Waals surface area contributed by atoms with Crippen molar-refractivity contribution in [3.05, 3.63) is 83.0 Å². The molecule has 22 heteroatoms. The number of nitrogens with zero attached hydrogens (tertiary/aromatic N) is 9. The van der Waals surface area contributed by atoms with Crippen LogP contribution in [-0.2, 0) is 40.5 Å². The molecule has 0 radical (unpaired) electrons. The molecule has 5 heterocycles. The van der Waals surface area contributed by atoms with Crippen LogP contribution in [0.2, 0.25) is 0 Å². The number of carbonyl (C=O) groups is 5. The largest absolute Gasteiger partial charge is 0.491 e. The number of fused-ring (bicyclic) bond motifs is 4. The van der Waals surface area contributed by atoms with Crippen molar-refractivity contribution in [1.29, 1.82) is 0 Å². The smallest absolute Gasteiger partial charge is 0.303 e. The van der Waals surface area contributed by atoms with Crippen molar-refractivity contribution in [3.63, 3.8) is 0 Å². The van der Waals surface area contributed by atoms with Crippen molar-refractivity contribution in [1.82, 2.24) is 49.0 Å². The summed E-state index contributed by atoms with van der Waals surface area (Å²) in [5, 5.41) is 24.9. The molecule has 5 aromatic heterocycles. The highest BCUT2D eigenvalue weighted by atomic mass is 16.5. The number of hydrogen-bond donors (Lipinski definition) is 5. The van der Waals surface area contributed by atoms with Crippen molar-refractivity contribution < 1.29 is 43.3 Å². The fraction of sp³-hybridized carbons (Fsp3) is 0.375. The van der Waals surface area contributed by atoms with Crippen LogP contribution in [0.4, 0.5) is 5.95 Å². The van der Waals surface area contributed by atoms with E-state index in [9.17, 15) is 24.0 Å². The second-order valence-electron chi connectivity index (χ2n) is 16.4. The van der Waals surface area contributed by atoms with Crippen molar-refractivity contribution in [2.75, 3.05) is 38.8 Å². The van der Waals surface area contributed by atoms with Gasteiger partial charge in [0.1, 0.15) is 34.1 Å². The molecule has 0 aliphatic carbocycles. The lowest BCUT2D eigenvalue weighted by atomic mass is 10.1. The number of benzene rings is 2. The lowest BCUT2D eigenvalue weighted by Crippen LogP contribution is -2.25. The molecule has 4 amide bonds. The maximum atomic E-state index is 13.9. The quantitative estimate of drug-likeness (QED) is 0.0376. The number of ether oxygens (including phenoxy) is 3. The van der Waals surface area contributed by atoms with Crippen LogP contribution in [0.1, 0.15) is 88.5 Å². The van der Waals surface area contributed by atoms with Gasteiger partial charge in [-0.05, 0) is 76.9 Å². The molecule has 22 nitrogen and oxygen atoms in total. The summed E-state index contributed by atoms with van der Waals surface area (Å²) in [5.41, 5.74) is 16.5. The third-order valence-electron chi connectivity index (χ3n) is 11.3. The molecule has 0 saturated heterocycles. The Morgan fingerprint density at radius 1 is 0.743 bits per heavy atom. The van der Waals surface area contributed by atoms with Crippen molar-refractivity contribution in [3.8, 4) is 23.0 Å². The standard InChI is InChI=1S/C48H57N13O9/c1-6-60-35(21-28(3)56-60)45-52-27-33-32-23-30(43(49)65)25-37(69-19-11-15-51-39(62)13-10-14-40(63)64)41(32)58(46(33)54-45)16-8-9-17-59-42-34(24-31(44(50)66)26-38(42)70-20-12-18-68-5)53-48(59)55-47(67)36-22-29(4)57-61(36)7-2/h8-9,21-27H,6-7,10-20H2,1-5H3,(H2,49,65)(H2,50,66)(H,51,62)(H,63,64)(H,53,55,67). The van der Waals surface area contributed by atoms with Gasteiger partial charge in [-0.2, -0.15) is 10.2 Å². The van der Waals surface area contributed by atoms with Gasteiger partial charge in [0.15, 0.2) is 5.82 Å². The summed E-state index contributed by atoms with van der Waals surface area (Å²) in [6.07, 6.45) is 6.67. The molecule has 368 valence electrons. The highest BCUT2D eigenvalue weighted by molar-refractivity contribution is 6.12. The van der Waals surface area contributed by atoms with Gasteiger partial charge < -0.3 is 45.2 Å². The van der Waals surface area contributed by atoms with Crippen LogP contribution in [0, 0.1) is 13.8 Å². The zero-order valence-electron chi connectivity index (χ0n) is 39.8. The molecule has 0 saturated carbocycles. The van der Waals surface area contributed by atoms with Gasteiger partial charge in [0.25, 0.3) is 5.91 Å². The topological polar surface area (TPSA) is 294 Å². The Hall–Kier alpha value is -8.14. The monoisotopic (exact) mass is 959 g/mol. The van der Waals surface area contributed by atoms with Gasteiger partial charge in [-0.25, -0.2) is 15.0 Å². The molecule has 0 aliphatic rings. The first-order valence-corrected chi connectivity index (χ1v) is 23.0. The third kappa shape index (κ3) is 11.2. The van der Waals surface area contributed by atoms with Gasteiger partial charge in [-0.15, -0.1) is 0 Å². The van der Waals surface area contributed by atoms with E-state index in [1.54, 1.807) is 59.8 Å². The zero-order chi connectivity index (χ0) is 50.1.